The molecular formula is C11H21N5. The number of nitrogens with one attached hydrogen (secondary N) is 1. The highest BCUT2D eigenvalue weighted by Gasteiger charge is 2.06. The van der Waals surface area contributed by atoms with Crippen molar-refractivity contribution in [1.82, 2.24) is 20.1 Å². The Hall–Kier alpha value is -1.23. The second kappa shape index (κ2) is 5.75. The largest absolute Gasteiger partial charge is 0.350 e. The lowest BCUT2D eigenvalue weighted by molar-refractivity contribution is 0.390. The number of hydrogen-bond donors (Lipinski definition) is 1. The van der Waals surface area contributed by atoms with Crippen LogP contribution in [0.15, 0.2) is 0 Å². The van der Waals surface area contributed by atoms with E-state index in [1.165, 1.54) is 0 Å². The first kappa shape index (κ1) is 12.8. The molecule has 0 aliphatic heterocycles. The van der Waals surface area contributed by atoms with Crippen molar-refractivity contribution in [2.75, 3.05) is 26.0 Å². The van der Waals surface area contributed by atoms with Gasteiger partial charge in [0.1, 0.15) is 0 Å². The normalized spacial score (nSPS) is 12.9. The summed E-state index contributed by atoms with van der Waals surface area (Å²) in [6.45, 7) is 7.03. The summed E-state index contributed by atoms with van der Waals surface area (Å²) in [5.74, 6) is 0.620. The maximum Gasteiger partial charge on any atom is 0.243 e. The van der Waals surface area contributed by atoms with Gasteiger partial charge in [0.25, 0.3) is 0 Å². The van der Waals surface area contributed by atoms with Crippen molar-refractivity contribution in [3.05, 3.63) is 11.4 Å². The average Bonchev–Trinajstić information content (AvgIpc) is 2.21. The minimum absolute atomic E-state index is 0.353. The molecular weight excluding hydrogens is 202 g/mol. The predicted molar refractivity (Wildman–Crippen MR) is 65.6 cm³/mol. The highest BCUT2D eigenvalue weighted by atomic mass is 15.2. The van der Waals surface area contributed by atoms with Gasteiger partial charge in [0.05, 0.1) is 11.4 Å². The van der Waals surface area contributed by atoms with Crippen molar-refractivity contribution in [2.24, 2.45) is 0 Å². The number of rotatable bonds is 5. The van der Waals surface area contributed by atoms with Crippen LogP contribution >= 0.6 is 0 Å². The third-order valence-corrected chi connectivity index (χ3v) is 2.48. The van der Waals surface area contributed by atoms with E-state index in [0.717, 1.165) is 24.4 Å². The predicted octanol–water partition coefficient (Wildman–Crippen LogP) is 1.24. The van der Waals surface area contributed by atoms with Gasteiger partial charge in [0.15, 0.2) is 0 Å². The second-order valence-corrected chi connectivity index (χ2v) is 4.44. The van der Waals surface area contributed by atoms with E-state index in [1.807, 2.05) is 13.8 Å². The monoisotopic (exact) mass is 223 g/mol. The first-order valence-electron chi connectivity index (χ1n) is 5.58. The lowest BCUT2D eigenvalue weighted by atomic mass is 10.2. The molecule has 1 aromatic rings. The summed E-state index contributed by atoms with van der Waals surface area (Å²) in [5, 5.41) is 11.3. The number of aryl methyl sites for hydroxylation is 2. The van der Waals surface area contributed by atoms with Gasteiger partial charge in [-0.1, -0.05) is 0 Å². The van der Waals surface area contributed by atoms with E-state index >= 15 is 0 Å². The highest BCUT2D eigenvalue weighted by molar-refractivity contribution is 5.25. The molecule has 0 saturated heterocycles. The zero-order chi connectivity index (χ0) is 12.1. The van der Waals surface area contributed by atoms with Crippen molar-refractivity contribution < 1.29 is 0 Å². The van der Waals surface area contributed by atoms with Gasteiger partial charge in [-0.15, -0.1) is 5.10 Å². The third-order valence-electron chi connectivity index (χ3n) is 2.48. The molecule has 0 aliphatic carbocycles. The molecule has 0 radical (unpaired) electrons. The summed E-state index contributed by atoms with van der Waals surface area (Å²) in [5.41, 5.74) is 1.81. The smallest absolute Gasteiger partial charge is 0.243 e. The van der Waals surface area contributed by atoms with Crippen LogP contribution in [-0.4, -0.2) is 46.8 Å². The summed E-state index contributed by atoms with van der Waals surface area (Å²) in [7, 11) is 4.14. The Morgan fingerprint density at radius 3 is 2.44 bits per heavy atom. The summed E-state index contributed by atoms with van der Waals surface area (Å²) < 4.78 is 0. The Morgan fingerprint density at radius 1 is 1.19 bits per heavy atom. The van der Waals surface area contributed by atoms with Crippen molar-refractivity contribution in [2.45, 2.75) is 33.2 Å². The molecule has 0 fully saturated rings. The van der Waals surface area contributed by atoms with Crippen LogP contribution in [0.5, 0.6) is 0 Å². The number of anilines is 1. The van der Waals surface area contributed by atoms with Crippen molar-refractivity contribution in [3.63, 3.8) is 0 Å². The molecule has 1 rings (SSSR count). The first-order chi connectivity index (χ1) is 7.49. The number of aromatic nitrogens is 3. The quantitative estimate of drug-likeness (QED) is 0.814. The fourth-order valence-corrected chi connectivity index (χ4v) is 1.26. The minimum Gasteiger partial charge on any atom is -0.350 e. The zero-order valence-corrected chi connectivity index (χ0v) is 10.8. The number of hydrogen-bond acceptors (Lipinski definition) is 5. The SMILES string of the molecule is Cc1nnc(NC(C)CCN(C)C)nc1C. The van der Waals surface area contributed by atoms with Crippen molar-refractivity contribution in [1.29, 1.82) is 0 Å². The van der Waals surface area contributed by atoms with Gasteiger partial charge in [0.2, 0.25) is 5.95 Å². The van der Waals surface area contributed by atoms with Crippen LogP contribution in [0.1, 0.15) is 24.7 Å². The summed E-state index contributed by atoms with van der Waals surface area (Å²) in [4.78, 5) is 6.51. The summed E-state index contributed by atoms with van der Waals surface area (Å²) in [6.07, 6.45) is 1.06. The van der Waals surface area contributed by atoms with E-state index in [-0.39, 0.29) is 0 Å². The lowest BCUT2D eigenvalue weighted by Gasteiger charge is -2.16. The second-order valence-electron chi connectivity index (χ2n) is 4.44. The van der Waals surface area contributed by atoms with Crippen LogP contribution in [0.4, 0.5) is 5.95 Å². The van der Waals surface area contributed by atoms with Crippen LogP contribution in [0, 0.1) is 13.8 Å². The molecule has 0 aliphatic rings. The van der Waals surface area contributed by atoms with E-state index in [4.69, 9.17) is 0 Å². The summed E-state index contributed by atoms with van der Waals surface area (Å²) >= 11 is 0. The van der Waals surface area contributed by atoms with Crippen LogP contribution in [0.2, 0.25) is 0 Å². The van der Waals surface area contributed by atoms with E-state index in [1.54, 1.807) is 0 Å². The van der Waals surface area contributed by atoms with Crippen molar-refractivity contribution >= 4 is 5.95 Å². The van der Waals surface area contributed by atoms with Crippen LogP contribution in [0.3, 0.4) is 0 Å². The molecule has 0 spiro atoms. The Labute approximate surface area is 97.3 Å². The highest BCUT2D eigenvalue weighted by Crippen LogP contribution is 2.05. The Balaban J connectivity index is 2.49. The molecule has 0 saturated carbocycles. The van der Waals surface area contributed by atoms with Gasteiger partial charge in [-0.05, 0) is 47.8 Å². The van der Waals surface area contributed by atoms with E-state index in [9.17, 15) is 0 Å². The van der Waals surface area contributed by atoms with E-state index in [2.05, 4.69) is 46.4 Å². The standard InChI is InChI=1S/C11H21N5/c1-8(6-7-16(4)5)12-11-13-9(2)10(3)14-15-11/h8H,6-7H2,1-5H3,(H,12,13,15). The van der Waals surface area contributed by atoms with Gasteiger partial charge in [0, 0.05) is 6.04 Å². The molecule has 1 heterocycles. The Morgan fingerprint density at radius 2 is 1.88 bits per heavy atom. The molecule has 1 atom stereocenters. The van der Waals surface area contributed by atoms with Crippen LogP contribution < -0.4 is 5.32 Å². The zero-order valence-electron chi connectivity index (χ0n) is 10.8. The van der Waals surface area contributed by atoms with E-state index < -0.39 is 0 Å². The molecule has 16 heavy (non-hydrogen) atoms. The maximum atomic E-state index is 4.34. The van der Waals surface area contributed by atoms with Gasteiger partial charge in [-0.3, -0.25) is 0 Å². The molecule has 90 valence electrons. The molecule has 1 unspecified atom stereocenters. The van der Waals surface area contributed by atoms with Gasteiger partial charge in [-0.25, -0.2) is 4.98 Å². The number of nitrogens with zero attached hydrogens (tertiary/aromatic N) is 4. The molecule has 5 nitrogen and oxygen atoms in total. The third kappa shape index (κ3) is 4.10. The van der Waals surface area contributed by atoms with Crippen LogP contribution in [-0.2, 0) is 0 Å². The maximum absolute atomic E-state index is 4.34. The minimum atomic E-state index is 0.353. The fraction of sp³-hybridized carbons (Fsp3) is 0.727. The lowest BCUT2D eigenvalue weighted by Crippen LogP contribution is -2.24. The van der Waals surface area contributed by atoms with E-state index in [0.29, 0.717) is 12.0 Å². The first-order valence-corrected chi connectivity index (χ1v) is 5.58. The molecule has 1 N–H and O–H groups in total. The Bertz CT molecular complexity index is 337. The Kier molecular flexibility index (Phi) is 4.61. The topological polar surface area (TPSA) is 53.9 Å². The molecule has 0 aromatic carbocycles. The fourth-order valence-electron chi connectivity index (χ4n) is 1.26. The van der Waals surface area contributed by atoms with Gasteiger partial charge < -0.3 is 10.2 Å². The van der Waals surface area contributed by atoms with Gasteiger partial charge in [-0.2, -0.15) is 5.10 Å². The summed E-state index contributed by atoms with van der Waals surface area (Å²) in [6, 6.07) is 0.353. The van der Waals surface area contributed by atoms with Crippen LogP contribution in [0.25, 0.3) is 0 Å². The molecule has 1 aromatic heterocycles. The molecule has 0 amide bonds. The van der Waals surface area contributed by atoms with Gasteiger partial charge >= 0.3 is 0 Å². The van der Waals surface area contributed by atoms with Crippen molar-refractivity contribution in [3.8, 4) is 0 Å². The average molecular weight is 223 g/mol. The molecule has 0 bridgehead atoms. The molecule has 5 heteroatoms.